The Morgan fingerprint density at radius 1 is 1.39 bits per heavy atom. The zero-order valence-electron chi connectivity index (χ0n) is 11.2. The summed E-state index contributed by atoms with van der Waals surface area (Å²) in [7, 11) is 0. The van der Waals surface area contributed by atoms with E-state index in [4.69, 9.17) is 4.74 Å². The summed E-state index contributed by atoms with van der Waals surface area (Å²) in [5.74, 6) is 1.30. The smallest absolute Gasteiger partial charge is 0.170 e. The van der Waals surface area contributed by atoms with Gasteiger partial charge in [0.15, 0.2) is 5.78 Å². The molecule has 1 aromatic carbocycles. The summed E-state index contributed by atoms with van der Waals surface area (Å²) < 4.78 is 5.66. The third-order valence-corrected chi connectivity index (χ3v) is 4.55. The largest absolute Gasteiger partial charge is 0.492 e. The Kier molecular flexibility index (Phi) is 2.69. The molecule has 3 rings (SSSR count). The lowest BCUT2D eigenvalue weighted by Gasteiger charge is -2.26. The Balaban J connectivity index is 1.96. The first-order valence-electron chi connectivity index (χ1n) is 6.88. The van der Waals surface area contributed by atoms with Gasteiger partial charge in [0.25, 0.3) is 0 Å². The molecule has 1 aromatic rings. The normalized spacial score (nSPS) is 24.7. The molecule has 0 amide bonds. The summed E-state index contributed by atoms with van der Waals surface area (Å²) in [5, 5.41) is 0. The first-order chi connectivity index (χ1) is 8.59. The van der Waals surface area contributed by atoms with Gasteiger partial charge in [0.05, 0.1) is 12.2 Å². The molecule has 2 nitrogen and oxygen atoms in total. The maximum Gasteiger partial charge on any atom is 0.170 e. The number of hydrogen-bond acceptors (Lipinski definition) is 2. The number of hydrogen-bond donors (Lipinski definition) is 0. The van der Waals surface area contributed by atoms with E-state index < -0.39 is 0 Å². The summed E-state index contributed by atoms with van der Waals surface area (Å²) in [5.41, 5.74) is 2.14. The highest BCUT2D eigenvalue weighted by molar-refractivity contribution is 6.01. The standard InChI is InChI=1S/C16H20O2/c1-16(2)9-4-7-13(16)14(17)12-6-3-5-11-8-10-18-15(11)12/h3,5-6,13H,4,7-10H2,1-2H3. The molecule has 1 atom stereocenters. The van der Waals surface area contributed by atoms with Crippen LogP contribution in [0.15, 0.2) is 18.2 Å². The van der Waals surface area contributed by atoms with Crippen molar-refractivity contribution in [3.8, 4) is 5.75 Å². The second kappa shape index (κ2) is 4.11. The Bertz CT molecular complexity index is 488. The molecule has 1 aliphatic heterocycles. The van der Waals surface area contributed by atoms with E-state index in [1.165, 1.54) is 12.0 Å². The van der Waals surface area contributed by atoms with Crippen molar-refractivity contribution in [2.75, 3.05) is 6.61 Å². The molecule has 1 aliphatic carbocycles. The minimum absolute atomic E-state index is 0.137. The Morgan fingerprint density at radius 2 is 2.22 bits per heavy atom. The predicted molar refractivity (Wildman–Crippen MR) is 71.1 cm³/mol. The van der Waals surface area contributed by atoms with Gasteiger partial charge in [-0.25, -0.2) is 0 Å². The van der Waals surface area contributed by atoms with Gasteiger partial charge in [0.1, 0.15) is 5.75 Å². The van der Waals surface area contributed by atoms with Gasteiger partial charge in [0.2, 0.25) is 0 Å². The molecule has 1 unspecified atom stereocenters. The zero-order chi connectivity index (χ0) is 12.8. The van der Waals surface area contributed by atoms with Crippen LogP contribution in [0, 0.1) is 11.3 Å². The molecular weight excluding hydrogens is 224 g/mol. The lowest BCUT2D eigenvalue weighted by atomic mass is 9.77. The lowest BCUT2D eigenvalue weighted by Crippen LogP contribution is -2.26. The van der Waals surface area contributed by atoms with Crippen LogP contribution in [0.2, 0.25) is 0 Å². The van der Waals surface area contributed by atoms with Gasteiger partial charge in [-0.3, -0.25) is 4.79 Å². The van der Waals surface area contributed by atoms with Crippen LogP contribution in [-0.4, -0.2) is 12.4 Å². The minimum atomic E-state index is 0.137. The van der Waals surface area contributed by atoms with Gasteiger partial charge >= 0.3 is 0 Å². The molecule has 2 aliphatic rings. The van der Waals surface area contributed by atoms with Crippen LogP contribution < -0.4 is 4.74 Å². The lowest BCUT2D eigenvalue weighted by molar-refractivity contribution is 0.0836. The highest BCUT2D eigenvalue weighted by Gasteiger charge is 2.40. The molecule has 96 valence electrons. The van der Waals surface area contributed by atoms with Gasteiger partial charge < -0.3 is 4.74 Å². The molecule has 1 heterocycles. The highest BCUT2D eigenvalue weighted by Crippen LogP contribution is 2.45. The number of ketones is 1. The number of ether oxygens (including phenoxy) is 1. The van der Waals surface area contributed by atoms with Crippen LogP contribution in [0.5, 0.6) is 5.75 Å². The van der Waals surface area contributed by atoms with Crippen molar-refractivity contribution in [1.29, 1.82) is 0 Å². The number of para-hydroxylation sites is 1. The topological polar surface area (TPSA) is 26.3 Å². The molecule has 0 N–H and O–H groups in total. The zero-order valence-corrected chi connectivity index (χ0v) is 11.2. The molecule has 0 aromatic heterocycles. The SMILES string of the molecule is CC1(C)CCCC1C(=O)c1cccc2c1OCC2. The second-order valence-corrected chi connectivity index (χ2v) is 6.19. The number of benzene rings is 1. The van der Waals surface area contributed by atoms with Crippen molar-refractivity contribution in [2.45, 2.75) is 39.5 Å². The van der Waals surface area contributed by atoms with Crippen LogP contribution >= 0.6 is 0 Å². The number of carbonyl (C=O) groups excluding carboxylic acids is 1. The molecule has 2 heteroatoms. The van der Waals surface area contributed by atoms with Crippen LogP contribution in [0.3, 0.4) is 0 Å². The van der Waals surface area contributed by atoms with E-state index in [0.717, 1.165) is 30.6 Å². The number of Topliss-reactive ketones (excluding diaryl/α,β-unsaturated/α-hetero) is 1. The van der Waals surface area contributed by atoms with Gasteiger partial charge in [-0.2, -0.15) is 0 Å². The van der Waals surface area contributed by atoms with E-state index >= 15 is 0 Å². The molecule has 0 spiro atoms. The van der Waals surface area contributed by atoms with Crippen molar-refractivity contribution in [2.24, 2.45) is 11.3 Å². The summed E-state index contributed by atoms with van der Waals surface area (Å²) in [4.78, 5) is 12.7. The fraction of sp³-hybridized carbons (Fsp3) is 0.562. The maximum absolute atomic E-state index is 12.7. The van der Waals surface area contributed by atoms with Crippen molar-refractivity contribution in [3.05, 3.63) is 29.3 Å². The van der Waals surface area contributed by atoms with Crippen LogP contribution in [-0.2, 0) is 6.42 Å². The predicted octanol–water partition coefficient (Wildman–Crippen LogP) is 3.63. The highest BCUT2D eigenvalue weighted by atomic mass is 16.5. The van der Waals surface area contributed by atoms with Crippen LogP contribution in [0.4, 0.5) is 0 Å². The van der Waals surface area contributed by atoms with E-state index in [-0.39, 0.29) is 17.1 Å². The summed E-state index contributed by atoms with van der Waals surface area (Å²) in [6.07, 6.45) is 4.28. The third kappa shape index (κ3) is 1.75. The summed E-state index contributed by atoms with van der Waals surface area (Å²) in [6, 6.07) is 5.99. The number of fused-ring (bicyclic) bond motifs is 1. The van der Waals surface area contributed by atoms with Crippen LogP contribution in [0.25, 0.3) is 0 Å². The second-order valence-electron chi connectivity index (χ2n) is 6.19. The third-order valence-electron chi connectivity index (χ3n) is 4.55. The Labute approximate surface area is 108 Å². The van der Waals surface area contributed by atoms with Crippen LogP contribution in [0.1, 0.15) is 49.0 Å². The quantitative estimate of drug-likeness (QED) is 0.743. The number of carbonyl (C=O) groups is 1. The van der Waals surface area contributed by atoms with E-state index in [0.29, 0.717) is 6.61 Å². The average Bonchev–Trinajstić information content (AvgIpc) is 2.93. The molecular formula is C16H20O2. The van der Waals surface area contributed by atoms with Gasteiger partial charge in [-0.1, -0.05) is 32.4 Å². The van der Waals surface area contributed by atoms with E-state index in [1.807, 2.05) is 12.1 Å². The Hall–Kier alpha value is -1.31. The molecule has 18 heavy (non-hydrogen) atoms. The van der Waals surface area contributed by atoms with Crippen molar-refractivity contribution in [3.63, 3.8) is 0 Å². The van der Waals surface area contributed by atoms with E-state index in [9.17, 15) is 4.79 Å². The first-order valence-corrected chi connectivity index (χ1v) is 6.88. The number of rotatable bonds is 2. The molecule has 0 radical (unpaired) electrons. The van der Waals surface area contributed by atoms with Crippen molar-refractivity contribution >= 4 is 5.78 Å². The molecule has 1 fully saturated rings. The average molecular weight is 244 g/mol. The maximum atomic E-state index is 12.7. The minimum Gasteiger partial charge on any atom is -0.492 e. The van der Waals surface area contributed by atoms with Gasteiger partial charge in [0, 0.05) is 12.3 Å². The van der Waals surface area contributed by atoms with Gasteiger partial charge in [-0.05, 0) is 29.9 Å². The molecule has 0 saturated heterocycles. The van der Waals surface area contributed by atoms with E-state index in [1.54, 1.807) is 0 Å². The fourth-order valence-electron chi connectivity index (χ4n) is 3.41. The molecule has 1 saturated carbocycles. The summed E-state index contributed by atoms with van der Waals surface area (Å²) in [6.45, 7) is 5.15. The molecule has 0 bridgehead atoms. The van der Waals surface area contributed by atoms with Crippen molar-refractivity contribution in [1.82, 2.24) is 0 Å². The summed E-state index contributed by atoms with van der Waals surface area (Å²) >= 11 is 0. The van der Waals surface area contributed by atoms with Crippen molar-refractivity contribution < 1.29 is 9.53 Å². The van der Waals surface area contributed by atoms with Gasteiger partial charge in [-0.15, -0.1) is 0 Å². The fourth-order valence-corrected chi connectivity index (χ4v) is 3.41. The first kappa shape index (κ1) is 11.8. The Morgan fingerprint density at radius 3 is 2.94 bits per heavy atom. The van der Waals surface area contributed by atoms with E-state index in [2.05, 4.69) is 19.9 Å². The monoisotopic (exact) mass is 244 g/mol.